The molecular formula is C18H25FN2O. The number of benzene rings is 1. The molecule has 2 fully saturated rings. The van der Waals surface area contributed by atoms with E-state index in [1.807, 2.05) is 12.1 Å². The molecule has 1 aliphatic heterocycles. The van der Waals surface area contributed by atoms with Crippen LogP contribution in [-0.2, 0) is 4.79 Å². The third kappa shape index (κ3) is 3.17. The topological polar surface area (TPSA) is 23.6 Å². The van der Waals surface area contributed by atoms with Crippen molar-refractivity contribution < 1.29 is 9.18 Å². The molecule has 2 aliphatic rings. The quantitative estimate of drug-likeness (QED) is 0.854. The van der Waals surface area contributed by atoms with Gasteiger partial charge < -0.3 is 9.80 Å². The maximum absolute atomic E-state index is 13.9. The number of carbonyl (C=O) groups is 1. The standard InChI is InChI=1S/C18H25FN2O/c1-20(2)12-13-7-5-6-10-21(13)18(22)16-11-15(16)14-8-3-4-9-17(14)19/h3-4,8-9,13,15-16H,5-7,10-12H2,1-2H3/t13-,15+,16+/m0/s1. The van der Waals surface area contributed by atoms with Gasteiger partial charge in [-0.15, -0.1) is 0 Å². The van der Waals surface area contributed by atoms with Crippen LogP contribution in [0.4, 0.5) is 4.39 Å². The molecule has 0 unspecified atom stereocenters. The molecule has 1 amide bonds. The summed E-state index contributed by atoms with van der Waals surface area (Å²) in [5, 5.41) is 0. The van der Waals surface area contributed by atoms with Crippen LogP contribution in [0.25, 0.3) is 0 Å². The molecule has 0 N–H and O–H groups in total. The number of halogens is 1. The van der Waals surface area contributed by atoms with Gasteiger partial charge in [0.15, 0.2) is 0 Å². The minimum Gasteiger partial charge on any atom is -0.338 e. The van der Waals surface area contributed by atoms with E-state index in [2.05, 4.69) is 23.9 Å². The summed E-state index contributed by atoms with van der Waals surface area (Å²) in [4.78, 5) is 17.0. The predicted octanol–water partition coefficient (Wildman–Crippen LogP) is 2.87. The molecule has 4 heteroatoms. The van der Waals surface area contributed by atoms with E-state index >= 15 is 0 Å². The van der Waals surface area contributed by atoms with Crippen molar-refractivity contribution >= 4 is 5.91 Å². The Hall–Kier alpha value is -1.42. The predicted molar refractivity (Wildman–Crippen MR) is 85.2 cm³/mol. The maximum Gasteiger partial charge on any atom is 0.226 e. The van der Waals surface area contributed by atoms with Crippen LogP contribution in [0.15, 0.2) is 24.3 Å². The summed E-state index contributed by atoms with van der Waals surface area (Å²) in [6, 6.07) is 7.19. The zero-order chi connectivity index (χ0) is 15.7. The summed E-state index contributed by atoms with van der Waals surface area (Å²) in [6.45, 7) is 1.78. The van der Waals surface area contributed by atoms with Crippen LogP contribution in [0, 0.1) is 11.7 Å². The summed E-state index contributed by atoms with van der Waals surface area (Å²) in [6.07, 6.45) is 4.17. The van der Waals surface area contributed by atoms with Crippen LogP contribution in [0.1, 0.15) is 37.2 Å². The number of nitrogens with zero attached hydrogens (tertiary/aromatic N) is 2. The Morgan fingerprint density at radius 1 is 1.32 bits per heavy atom. The maximum atomic E-state index is 13.9. The molecule has 0 bridgehead atoms. The van der Waals surface area contributed by atoms with Crippen molar-refractivity contribution in [2.45, 2.75) is 37.6 Å². The second-order valence-corrected chi connectivity index (χ2v) is 6.91. The SMILES string of the molecule is CN(C)C[C@@H]1CCCCN1C(=O)[C@@H]1C[C@@H]1c1ccccc1F. The smallest absolute Gasteiger partial charge is 0.226 e. The zero-order valence-corrected chi connectivity index (χ0v) is 13.5. The van der Waals surface area contributed by atoms with Crippen molar-refractivity contribution in [3.8, 4) is 0 Å². The fourth-order valence-corrected chi connectivity index (χ4v) is 3.70. The molecule has 22 heavy (non-hydrogen) atoms. The Morgan fingerprint density at radius 2 is 2.09 bits per heavy atom. The molecular weight excluding hydrogens is 279 g/mol. The van der Waals surface area contributed by atoms with Gasteiger partial charge in [-0.2, -0.15) is 0 Å². The van der Waals surface area contributed by atoms with Crippen molar-refractivity contribution in [2.75, 3.05) is 27.2 Å². The van der Waals surface area contributed by atoms with E-state index in [4.69, 9.17) is 0 Å². The Morgan fingerprint density at radius 3 is 2.82 bits per heavy atom. The van der Waals surface area contributed by atoms with Crippen molar-refractivity contribution in [3.63, 3.8) is 0 Å². The summed E-state index contributed by atoms with van der Waals surface area (Å²) in [5.74, 6) is 0.126. The lowest BCUT2D eigenvalue weighted by atomic mass is 10.00. The number of amides is 1. The Bertz CT molecular complexity index is 546. The fourth-order valence-electron chi connectivity index (χ4n) is 3.70. The minimum absolute atomic E-state index is 0.0142. The Kier molecular flexibility index (Phi) is 4.48. The highest BCUT2D eigenvalue weighted by molar-refractivity contribution is 5.83. The molecule has 1 aromatic rings. The van der Waals surface area contributed by atoms with Crippen molar-refractivity contribution in [3.05, 3.63) is 35.6 Å². The number of likely N-dealkylation sites (tertiary alicyclic amines) is 1. The summed E-state index contributed by atoms with van der Waals surface area (Å²) < 4.78 is 13.9. The zero-order valence-electron chi connectivity index (χ0n) is 13.5. The van der Waals surface area contributed by atoms with Gasteiger partial charge in [0.2, 0.25) is 5.91 Å². The van der Waals surface area contributed by atoms with Crippen molar-refractivity contribution in [1.82, 2.24) is 9.80 Å². The number of likely N-dealkylation sites (N-methyl/N-ethyl adjacent to an activating group) is 1. The lowest BCUT2D eigenvalue weighted by Crippen LogP contribution is -2.49. The van der Waals surface area contributed by atoms with Crippen LogP contribution in [0.3, 0.4) is 0 Å². The summed E-state index contributed by atoms with van der Waals surface area (Å²) in [5.41, 5.74) is 0.710. The molecule has 0 radical (unpaired) electrons. The van der Waals surface area contributed by atoms with E-state index in [1.165, 1.54) is 12.5 Å². The summed E-state index contributed by atoms with van der Waals surface area (Å²) >= 11 is 0. The second kappa shape index (κ2) is 6.37. The van der Waals surface area contributed by atoms with E-state index in [-0.39, 0.29) is 23.6 Å². The first kappa shape index (κ1) is 15.5. The van der Waals surface area contributed by atoms with Crippen molar-refractivity contribution in [2.24, 2.45) is 5.92 Å². The average molecular weight is 304 g/mol. The van der Waals surface area contributed by atoms with Crippen LogP contribution < -0.4 is 0 Å². The van der Waals surface area contributed by atoms with Crippen LogP contribution in [0.2, 0.25) is 0 Å². The van der Waals surface area contributed by atoms with Gasteiger partial charge in [-0.1, -0.05) is 18.2 Å². The van der Waals surface area contributed by atoms with E-state index in [0.29, 0.717) is 11.6 Å². The van der Waals surface area contributed by atoms with Gasteiger partial charge in [-0.05, 0) is 57.3 Å². The van der Waals surface area contributed by atoms with Crippen LogP contribution >= 0.6 is 0 Å². The third-order valence-corrected chi connectivity index (χ3v) is 4.90. The Labute approximate surface area is 132 Å². The molecule has 1 heterocycles. The lowest BCUT2D eigenvalue weighted by Gasteiger charge is -2.37. The molecule has 3 nitrogen and oxygen atoms in total. The van der Waals surface area contributed by atoms with Gasteiger partial charge in [0, 0.05) is 25.0 Å². The molecule has 3 rings (SSSR count). The molecule has 1 aliphatic carbocycles. The average Bonchev–Trinajstić information content (AvgIpc) is 3.27. The number of piperidine rings is 1. The molecule has 120 valence electrons. The molecule has 1 aromatic carbocycles. The van der Waals surface area contributed by atoms with E-state index in [1.54, 1.807) is 6.07 Å². The molecule has 1 saturated heterocycles. The number of hydrogen-bond donors (Lipinski definition) is 0. The monoisotopic (exact) mass is 304 g/mol. The fraction of sp³-hybridized carbons (Fsp3) is 0.611. The van der Waals surface area contributed by atoms with Gasteiger partial charge >= 0.3 is 0 Å². The lowest BCUT2D eigenvalue weighted by molar-refractivity contribution is -0.136. The highest BCUT2D eigenvalue weighted by Gasteiger charge is 2.48. The first-order valence-electron chi connectivity index (χ1n) is 8.27. The van der Waals surface area contributed by atoms with Gasteiger partial charge in [-0.3, -0.25) is 4.79 Å². The second-order valence-electron chi connectivity index (χ2n) is 6.91. The van der Waals surface area contributed by atoms with Gasteiger partial charge in [-0.25, -0.2) is 4.39 Å². The first-order valence-corrected chi connectivity index (χ1v) is 8.27. The Balaban J connectivity index is 1.68. The molecule has 3 atom stereocenters. The van der Waals surface area contributed by atoms with Crippen molar-refractivity contribution in [1.29, 1.82) is 0 Å². The van der Waals surface area contributed by atoms with Gasteiger partial charge in [0.05, 0.1) is 0 Å². The first-order chi connectivity index (χ1) is 10.6. The van der Waals surface area contributed by atoms with Crippen LogP contribution in [-0.4, -0.2) is 48.9 Å². The molecule has 0 aromatic heterocycles. The highest BCUT2D eigenvalue weighted by atomic mass is 19.1. The molecule has 1 saturated carbocycles. The number of hydrogen-bond acceptors (Lipinski definition) is 2. The van der Waals surface area contributed by atoms with Gasteiger partial charge in [0.25, 0.3) is 0 Å². The summed E-state index contributed by atoms with van der Waals surface area (Å²) in [7, 11) is 4.10. The number of rotatable bonds is 4. The largest absolute Gasteiger partial charge is 0.338 e. The van der Waals surface area contributed by atoms with E-state index in [0.717, 1.165) is 32.4 Å². The van der Waals surface area contributed by atoms with Gasteiger partial charge in [0.1, 0.15) is 5.82 Å². The number of carbonyl (C=O) groups excluding carboxylic acids is 1. The normalized spacial score (nSPS) is 28.0. The molecule has 0 spiro atoms. The minimum atomic E-state index is -0.175. The third-order valence-electron chi connectivity index (χ3n) is 4.90. The van der Waals surface area contributed by atoms with Crippen LogP contribution in [0.5, 0.6) is 0 Å². The highest BCUT2D eigenvalue weighted by Crippen LogP contribution is 2.49. The van der Waals surface area contributed by atoms with E-state index < -0.39 is 0 Å². The van der Waals surface area contributed by atoms with E-state index in [9.17, 15) is 9.18 Å².